The number of aromatic nitrogens is 2. The van der Waals surface area contributed by atoms with Gasteiger partial charge in [-0.05, 0) is 25.0 Å². The number of carbonyl (C=O) groups is 2. The molecule has 0 radical (unpaired) electrons. The minimum Gasteiger partial charge on any atom is -0.465 e. The highest BCUT2D eigenvalue weighted by Gasteiger charge is 2.20. The largest absolute Gasteiger partial charge is 0.465 e. The molecule has 130 valence electrons. The van der Waals surface area contributed by atoms with Crippen LogP contribution in [0.4, 0.5) is 10.6 Å². The van der Waals surface area contributed by atoms with Gasteiger partial charge in [-0.1, -0.05) is 5.92 Å². The molecule has 2 heterocycles. The molecule has 0 saturated heterocycles. The van der Waals surface area contributed by atoms with E-state index in [0.29, 0.717) is 17.9 Å². The second-order valence-corrected chi connectivity index (χ2v) is 4.94. The Balaban J connectivity index is 2.61. The second kappa shape index (κ2) is 7.35. The monoisotopic (exact) mass is 343 g/mol. The molecule has 0 aliphatic rings. The first-order chi connectivity index (χ1) is 11.9. The van der Waals surface area contributed by atoms with Crippen molar-refractivity contribution in [3.05, 3.63) is 33.6 Å². The molecule has 2 amide bonds. The van der Waals surface area contributed by atoms with Crippen LogP contribution in [-0.2, 0) is 6.54 Å². The van der Waals surface area contributed by atoms with Crippen LogP contribution in [0.15, 0.2) is 16.9 Å². The Kier molecular flexibility index (Phi) is 5.24. The van der Waals surface area contributed by atoms with Crippen molar-refractivity contribution in [1.82, 2.24) is 20.2 Å². The third-order valence-electron chi connectivity index (χ3n) is 3.46. The van der Waals surface area contributed by atoms with Crippen molar-refractivity contribution in [3.8, 4) is 11.8 Å². The minimum atomic E-state index is -1.17. The van der Waals surface area contributed by atoms with E-state index >= 15 is 0 Å². The molecule has 0 atom stereocenters. The van der Waals surface area contributed by atoms with Crippen LogP contribution >= 0.6 is 0 Å². The summed E-state index contributed by atoms with van der Waals surface area (Å²) in [6, 6.07) is 3.05. The summed E-state index contributed by atoms with van der Waals surface area (Å²) in [5.41, 5.74) is 6.04. The number of pyridine rings is 2. The summed E-state index contributed by atoms with van der Waals surface area (Å²) < 4.78 is 1.56. The highest BCUT2D eigenvalue weighted by molar-refractivity contribution is 6.01. The molecule has 0 aromatic carbocycles. The van der Waals surface area contributed by atoms with Crippen LogP contribution in [-0.4, -0.2) is 40.3 Å². The molecule has 25 heavy (non-hydrogen) atoms. The smallest absolute Gasteiger partial charge is 0.405 e. The van der Waals surface area contributed by atoms with Gasteiger partial charge in [-0.25, -0.2) is 9.78 Å². The molecule has 5 N–H and O–H groups in total. The third-order valence-corrected chi connectivity index (χ3v) is 3.46. The molecule has 0 fully saturated rings. The molecule has 2 rings (SSSR count). The van der Waals surface area contributed by atoms with Gasteiger partial charge in [-0.2, -0.15) is 0 Å². The highest BCUT2D eigenvalue weighted by atomic mass is 16.4. The normalized spacial score (nSPS) is 10.0. The predicted molar refractivity (Wildman–Crippen MR) is 92.4 cm³/mol. The lowest BCUT2D eigenvalue weighted by Gasteiger charge is -2.14. The fraction of sp³-hybridized carbons (Fsp3) is 0.250. The van der Waals surface area contributed by atoms with E-state index in [4.69, 9.17) is 10.8 Å². The van der Waals surface area contributed by atoms with Crippen molar-refractivity contribution in [2.75, 3.05) is 19.3 Å². The van der Waals surface area contributed by atoms with Crippen LogP contribution in [0.3, 0.4) is 0 Å². The Hall–Kier alpha value is -3.54. The quantitative estimate of drug-likeness (QED) is 0.577. The lowest BCUT2D eigenvalue weighted by molar-refractivity contribution is 0.0962. The van der Waals surface area contributed by atoms with Crippen molar-refractivity contribution in [1.29, 1.82) is 0 Å². The Labute approximate surface area is 142 Å². The summed E-state index contributed by atoms with van der Waals surface area (Å²) in [4.78, 5) is 39.2. The van der Waals surface area contributed by atoms with E-state index in [9.17, 15) is 14.4 Å². The number of nitrogens with one attached hydrogen (secondary N) is 2. The minimum absolute atomic E-state index is 0.0319. The first kappa shape index (κ1) is 17.8. The van der Waals surface area contributed by atoms with E-state index in [1.807, 2.05) is 6.92 Å². The molecular weight excluding hydrogens is 326 g/mol. The van der Waals surface area contributed by atoms with Crippen LogP contribution in [0.1, 0.15) is 23.0 Å². The Morgan fingerprint density at radius 2 is 2.12 bits per heavy atom. The summed E-state index contributed by atoms with van der Waals surface area (Å²) in [5, 5.41) is 13.3. The van der Waals surface area contributed by atoms with Crippen LogP contribution in [0.25, 0.3) is 11.0 Å². The number of hydrogen-bond acceptors (Lipinski definition) is 5. The lowest BCUT2D eigenvalue weighted by atomic mass is 10.1. The van der Waals surface area contributed by atoms with Crippen LogP contribution in [0, 0.1) is 11.8 Å². The van der Waals surface area contributed by atoms with Gasteiger partial charge in [0.2, 0.25) is 5.43 Å². The summed E-state index contributed by atoms with van der Waals surface area (Å²) in [7, 11) is 1.42. The van der Waals surface area contributed by atoms with E-state index in [1.54, 1.807) is 4.57 Å². The SMILES string of the molecule is CCn1c(N)c(C(=O)NC)c(=O)c2ccc(C#CCNC(=O)O)nc21. The third kappa shape index (κ3) is 3.53. The number of carboxylic acid groups (broad SMARTS) is 1. The Morgan fingerprint density at radius 3 is 2.72 bits per heavy atom. The number of rotatable bonds is 3. The van der Waals surface area contributed by atoms with Gasteiger partial charge < -0.3 is 26.0 Å². The summed E-state index contributed by atoms with van der Waals surface area (Å²) in [6.07, 6.45) is -1.17. The first-order valence-electron chi connectivity index (χ1n) is 7.41. The molecule has 2 aromatic heterocycles. The summed E-state index contributed by atoms with van der Waals surface area (Å²) in [5.74, 6) is 4.80. The van der Waals surface area contributed by atoms with Crippen molar-refractivity contribution in [3.63, 3.8) is 0 Å². The molecular formula is C16H17N5O4. The number of nitrogens with zero attached hydrogens (tertiary/aromatic N) is 2. The van der Waals surface area contributed by atoms with Gasteiger partial charge >= 0.3 is 6.09 Å². The van der Waals surface area contributed by atoms with Crippen molar-refractivity contribution in [2.24, 2.45) is 0 Å². The fourth-order valence-electron chi connectivity index (χ4n) is 2.32. The number of nitrogens with two attached hydrogens (primary N) is 1. The van der Waals surface area contributed by atoms with E-state index < -0.39 is 17.4 Å². The number of aryl methyl sites for hydroxylation is 1. The van der Waals surface area contributed by atoms with Crippen molar-refractivity contribution >= 4 is 28.9 Å². The maximum absolute atomic E-state index is 12.6. The van der Waals surface area contributed by atoms with Crippen LogP contribution < -0.4 is 21.8 Å². The van der Waals surface area contributed by atoms with Gasteiger partial charge in [-0.3, -0.25) is 9.59 Å². The summed E-state index contributed by atoms with van der Waals surface area (Å²) in [6.45, 7) is 2.16. The maximum atomic E-state index is 12.6. The van der Waals surface area contributed by atoms with Crippen LogP contribution in [0.5, 0.6) is 0 Å². The average molecular weight is 343 g/mol. The van der Waals surface area contributed by atoms with Crippen molar-refractivity contribution < 1.29 is 14.7 Å². The predicted octanol–water partition coefficient (Wildman–Crippen LogP) is -0.0227. The molecule has 0 spiro atoms. The maximum Gasteiger partial charge on any atom is 0.405 e. The van der Waals surface area contributed by atoms with E-state index in [0.717, 1.165) is 0 Å². The second-order valence-electron chi connectivity index (χ2n) is 4.94. The van der Waals surface area contributed by atoms with Gasteiger partial charge in [0.1, 0.15) is 22.7 Å². The number of amides is 2. The van der Waals surface area contributed by atoms with Crippen molar-refractivity contribution in [2.45, 2.75) is 13.5 Å². The number of carbonyl (C=O) groups excluding carboxylic acids is 1. The highest BCUT2D eigenvalue weighted by Crippen LogP contribution is 2.17. The molecule has 0 bridgehead atoms. The van der Waals surface area contributed by atoms with Gasteiger partial charge in [0.05, 0.1) is 11.9 Å². The van der Waals surface area contributed by atoms with Crippen LogP contribution in [0.2, 0.25) is 0 Å². The Bertz CT molecular complexity index is 968. The van der Waals surface area contributed by atoms with E-state index in [1.165, 1.54) is 19.2 Å². The first-order valence-corrected chi connectivity index (χ1v) is 7.41. The van der Waals surface area contributed by atoms with Gasteiger partial charge in [0.15, 0.2) is 0 Å². The molecule has 0 aliphatic heterocycles. The zero-order valence-electron chi connectivity index (χ0n) is 13.7. The topological polar surface area (TPSA) is 139 Å². The standard InChI is InChI=1S/C16H17N5O4/c1-3-21-13(17)11(15(23)18-2)12(22)10-7-6-9(20-14(10)21)5-4-8-19-16(24)25/h6-7,19H,3,8,17H2,1-2H3,(H,18,23)(H,24,25). The molecule has 0 saturated carbocycles. The van der Waals surface area contributed by atoms with E-state index in [-0.39, 0.29) is 23.3 Å². The van der Waals surface area contributed by atoms with Gasteiger partial charge in [0, 0.05) is 13.6 Å². The average Bonchev–Trinajstić information content (AvgIpc) is 2.58. The molecule has 9 heteroatoms. The van der Waals surface area contributed by atoms with Gasteiger partial charge in [0.25, 0.3) is 5.91 Å². The Morgan fingerprint density at radius 1 is 1.40 bits per heavy atom. The number of nitrogen functional groups attached to an aromatic ring is 1. The molecule has 2 aromatic rings. The van der Waals surface area contributed by atoms with E-state index in [2.05, 4.69) is 27.5 Å². The van der Waals surface area contributed by atoms with Gasteiger partial charge in [-0.15, -0.1) is 0 Å². The number of fused-ring (bicyclic) bond motifs is 1. The molecule has 0 unspecified atom stereocenters. The molecule has 0 aliphatic carbocycles. The lowest BCUT2D eigenvalue weighted by Crippen LogP contribution is -2.30. The fourth-order valence-corrected chi connectivity index (χ4v) is 2.32. The zero-order chi connectivity index (χ0) is 18.6. The number of anilines is 1. The summed E-state index contributed by atoms with van der Waals surface area (Å²) >= 11 is 0. The zero-order valence-corrected chi connectivity index (χ0v) is 13.7. The number of hydrogen-bond donors (Lipinski definition) is 4. The molecule has 9 nitrogen and oxygen atoms in total.